The van der Waals surface area contributed by atoms with Crippen LogP contribution in [0.3, 0.4) is 0 Å². The minimum atomic E-state index is -0.727. The number of nitrogens with zero attached hydrogens (tertiary/aromatic N) is 1. The van der Waals surface area contributed by atoms with Gasteiger partial charge in [-0.1, -0.05) is 19.1 Å². The summed E-state index contributed by atoms with van der Waals surface area (Å²) in [7, 11) is 1.56. The lowest BCUT2D eigenvalue weighted by molar-refractivity contribution is -0.490. The third-order valence-corrected chi connectivity index (χ3v) is 4.94. The van der Waals surface area contributed by atoms with Gasteiger partial charge in [0.2, 0.25) is 6.54 Å². The molecule has 3 atom stereocenters. The van der Waals surface area contributed by atoms with Crippen molar-refractivity contribution in [2.24, 2.45) is 17.8 Å². The molecule has 152 valence electrons. The smallest absolute Gasteiger partial charge is 0.307 e. The van der Waals surface area contributed by atoms with Crippen LogP contribution in [0.25, 0.3) is 0 Å². The highest BCUT2D eigenvalue weighted by molar-refractivity contribution is 5.88. The number of nitrogens with one attached hydrogen (secondary N) is 1. The van der Waals surface area contributed by atoms with Gasteiger partial charge in [-0.25, -0.2) is 0 Å². The van der Waals surface area contributed by atoms with Gasteiger partial charge in [-0.3, -0.25) is 24.5 Å². The number of hydrogen-bond donors (Lipinski definition) is 1. The van der Waals surface area contributed by atoms with E-state index in [4.69, 9.17) is 9.47 Å². The van der Waals surface area contributed by atoms with Crippen molar-refractivity contribution in [3.63, 3.8) is 0 Å². The van der Waals surface area contributed by atoms with Gasteiger partial charge in [0.1, 0.15) is 11.5 Å². The molecule has 1 N–H and O–H groups in total. The number of carbonyl (C=O) groups excluding carboxylic acids is 3. The first-order chi connectivity index (χ1) is 13.3. The fourth-order valence-electron chi connectivity index (χ4n) is 3.38. The van der Waals surface area contributed by atoms with Crippen molar-refractivity contribution in [2.45, 2.75) is 26.3 Å². The average molecular weight is 392 g/mol. The largest absolute Gasteiger partial charge is 0.497 e. The Morgan fingerprint density at radius 3 is 2.57 bits per heavy atom. The highest BCUT2D eigenvalue weighted by atomic mass is 16.6. The van der Waals surface area contributed by atoms with E-state index >= 15 is 0 Å². The summed E-state index contributed by atoms with van der Waals surface area (Å²) in [5, 5.41) is 13.4. The molecule has 0 aliphatic heterocycles. The Balaban J connectivity index is 1.76. The maximum atomic E-state index is 12.0. The molecule has 0 unspecified atom stereocenters. The van der Waals surface area contributed by atoms with Crippen LogP contribution in [-0.2, 0) is 25.7 Å². The zero-order valence-corrected chi connectivity index (χ0v) is 15.9. The van der Waals surface area contributed by atoms with Crippen molar-refractivity contribution in [2.75, 3.05) is 20.3 Å². The molecule has 28 heavy (non-hydrogen) atoms. The number of methoxy groups -OCH3 is 1. The molecule has 9 heteroatoms. The van der Waals surface area contributed by atoms with E-state index < -0.39 is 35.2 Å². The average Bonchev–Trinajstić information content (AvgIpc) is 2.91. The second kappa shape index (κ2) is 9.82. The lowest BCUT2D eigenvalue weighted by Gasteiger charge is -2.17. The summed E-state index contributed by atoms with van der Waals surface area (Å²) in [6, 6.07) is 7.13. The fourth-order valence-corrected chi connectivity index (χ4v) is 3.38. The van der Waals surface area contributed by atoms with Crippen LogP contribution in [0.2, 0.25) is 0 Å². The van der Waals surface area contributed by atoms with E-state index in [-0.39, 0.29) is 37.6 Å². The molecule has 0 radical (unpaired) electrons. The molecule has 0 saturated heterocycles. The molecular weight excluding hydrogens is 368 g/mol. The van der Waals surface area contributed by atoms with Gasteiger partial charge in [0.15, 0.2) is 6.61 Å². The summed E-state index contributed by atoms with van der Waals surface area (Å²) in [6.45, 7) is 1.21. The van der Waals surface area contributed by atoms with Crippen LogP contribution in [0.1, 0.15) is 25.3 Å². The standard InChI is InChI=1S/C19H24N2O7/c1-12-7-17(22)15(16(12)10-21(25)26)8-19(24)28-11-18(23)20-9-13-3-5-14(27-2)6-4-13/h3-6,12,15-16H,7-11H2,1-2H3,(H,20,23)/t12-,15+,16-/m1/s1. The van der Waals surface area contributed by atoms with E-state index in [9.17, 15) is 24.5 Å². The minimum absolute atomic E-state index is 0.150. The SMILES string of the molecule is COc1ccc(CNC(=O)COC(=O)C[C@@H]2C(=O)C[C@@H](C)[C@H]2C[N+](=O)[O-])cc1. The van der Waals surface area contributed by atoms with Crippen molar-refractivity contribution in [1.29, 1.82) is 0 Å². The van der Waals surface area contributed by atoms with Crippen molar-refractivity contribution >= 4 is 17.7 Å². The monoisotopic (exact) mass is 392 g/mol. The van der Waals surface area contributed by atoms with Gasteiger partial charge in [0, 0.05) is 29.7 Å². The van der Waals surface area contributed by atoms with Gasteiger partial charge in [-0.05, 0) is 23.6 Å². The Kier molecular flexibility index (Phi) is 7.48. The van der Waals surface area contributed by atoms with E-state index in [2.05, 4.69) is 5.32 Å². The summed E-state index contributed by atoms with van der Waals surface area (Å²) in [4.78, 5) is 46.2. The van der Waals surface area contributed by atoms with E-state index in [0.717, 1.165) is 5.56 Å². The van der Waals surface area contributed by atoms with Crippen molar-refractivity contribution in [3.05, 3.63) is 39.9 Å². The van der Waals surface area contributed by atoms with Crippen LogP contribution in [-0.4, -0.2) is 42.8 Å². The second-order valence-corrected chi connectivity index (χ2v) is 6.92. The number of ketones is 1. The normalized spacial score (nSPS) is 21.2. The number of carbonyl (C=O) groups is 3. The molecule has 1 amide bonds. The van der Waals surface area contributed by atoms with Gasteiger partial charge in [0.25, 0.3) is 5.91 Å². The number of ether oxygens (including phenoxy) is 2. The van der Waals surface area contributed by atoms with Crippen LogP contribution < -0.4 is 10.1 Å². The molecular formula is C19H24N2O7. The van der Waals surface area contributed by atoms with E-state index in [1.54, 1.807) is 38.3 Å². The summed E-state index contributed by atoms with van der Waals surface area (Å²) in [5.41, 5.74) is 0.855. The molecule has 1 aromatic rings. The first-order valence-corrected chi connectivity index (χ1v) is 9.00. The van der Waals surface area contributed by atoms with Crippen LogP contribution in [0.4, 0.5) is 0 Å². The molecule has 0 heterocycles. The Labute approximate surface area is 162 Å². The van der Waals surface area contributed by atoms with Gasteiger partial charge < -0.3 is 14.8 Å². The Hall–Kier alpha value is -2.97. The lowest BCUT2D eigenvalue weighted by Crippen LogP contribution is -2.30. The third-order valence-electron chi connectivity index (χ3n) is 4.94. The number of amides is 1. The minimum Gasteiger partial charge on any atom is -0.497 e. The first kappa shape index (κ1) is 21.3. The quantitative estimate of drug-likeness (QED) is 0.382. The lowest BCUT2D eigenvalue weighted by atomic mass is 9.88. The van der Waals surface area contributed by atoms with Crippen molar-refractivity contribution in [1.82, 2.24) is 5.32 Å². The number of rotatable bonds is 9. The number of esters is 1. The molecule has 1 saturated carbocycles. The molecule has 1 fully saturated rings. The Bertz CT molecular complexity index is 732. The summed E-state index contributed by atoms with van der Waals surface area (Å²) in [5.74, 6) is -2.01. The molecule has 1 aromatic carbocycles. The van der Waals surface area contributed by atoms with Gasteiger partial charge in [-0.15, -0.1) is 0 Å². The third kappa shape index (κ3) is 6.04. The van der Waals surface area contributed by atoms with Crippen LogP contribution in [0, 0.1) is 27.9 Å². The zero-order valence-electron chi connectivity index (χ0n) is 15.9. The Morgan fingerprint density at radius 2 is 1.96 bits per heavy atom. The molecule has 0 spiro atoms. The first-order valence-electron chi connectivity index (χ1n) is 9.00. The number of benzene rings is 1. The highest BCUT2D eigenvalue weighted by Gasteiger charge is 2.44. The van der Waals surface area contributed by atoms with Crippen molar-refractivity contribution in [3.8, 4) is 5.75 Å². The van der Waals surface area contributed by atoms with E-state index in [1.165, 1.54) is 0 Å². The summed E-state index contributed by atoms with van der Waals surface area (Å²) < 4.78 is 9.99. The van der Waals surface area contributed by atoms with Crippen molar-refractivity contribution < 1.29 is 28.8 Å². The number of hydrogen-bond acceptors (Lipinski definition) is 7. The maximum Gasteiger partial charge on any atom is 0.307 e. The van der Waals surface area contributed by atoms with Gasteiger partial charge >= 0.3 is 5.97 Å². The van der Waals surface area contributed by atoms with Crippen LogP contribution in [0.15, 0.2) is 24.3 Å². The van der Waals surface area contributed by atoms with Gasteiger partial charge in [0.05, 0.1) is 13.5 Å². The number of Topliss-reactive ketones (excluding diaryl/α,β-unsaturated/α-hetero) is 1. The summed E-state index contributed by atoms with van der Waals surface area (Å²) in [6.07, 6.45) is -0.0216. The predicted molar refractivity (Wildman–Crippen MR) is 98.0 cm³/mol. The number of nitro groups is 1. The molecule has 1 aliphatic rings. The second-order valence-electron chi connectivity index (χ2n) is 6.92. The molecule has 9 nitrogen and oxygen atoms in total. The summed E-state index contributed by atoms with van der Waals surface area (Å²) >= 11 is 0. The van der Waals surface area contributed by atoms with Crippen LogP contribution in [0.5, 0.6) is 5.75 Å². The van der Waals surface area contributed by atoms with E-state index in [0.29, 0.717) is 5.75 Å². The molecule has 2 rings (SSSR count). The van der Waals surface area contributed by atoms with Gasteiger partial charge in [-0.2, -0.15) is 0 Å². The predicted octanol–water partition coefficient (Wildman–Crippen LogP) is 1.36. The topological polar surface area (TPSA) is 125 Å². The molecule has 0 aromatic heterocycles. The van der Waals surface area contributed by atoms with Crippen LogP contribution >= 0.6 is 0 Å². The molecule has 0 bridgehead atoms. The molecule has 1 aliphatic carbocycles. The highest BCUT2D eigenvalue weighted by Crippen LogP contribution is 2.36. The fraction of sp³-hybridized carbons (Fsp3) is 0.526. The van der Waals surface area contributed by atoms with E-state index in [1.807, 2.05) is 0 Å². The maximum absolute atomic E-state index is 12.0. The zero-order chi connectivity index (χ0) is 20.7. The Morgan fingerprint density at radius 1 is 1.29 bits per heavy atom.